The topological polar surface area (TPSA) is 30.2 Å². The standard InChI is InChI=1S/C18H13F2N3/c1-11-9-17-21-15(10-16(18(19)20)23(17)22-11)14-8-4-6-12-5-2-3-7-13(12)14/h2-10,18H,1H3. The van der Waals surface area contributed by atoms with E-state index in [-0.39, 0.29) is 5.69 Å². The number of fused-ring (bicyclic) bond motifs is 2. The first-order valence-electron chi connectivity index (χ1n) is 7.27. The molecule has 2 aromatic carbocycles. The predicted octanol–water partition coefficient (Wildman–Crippen LogP) is 4.80. The molecule has 2 aromatic heterocycles. The van der Waals surface area contributed by atoms with Gasteiger partial charge in [-0.1, -0.05) is 42.5 Å². The van der Waals surface area contributed by atoms with Crippen LogP contribution >= 0.6 is 0 Å². The fourth-order valence-electron chi connectivity index (χ4n) is 2.85. The van der Waals surface area contributed by atoms with Crippen molar-refractivity contribution in [2.45, 2.75) is 13.3 Å². The number of hydrogen-bond acceptors (Lipinski definition) is 2. The lowest BCUT2D eigenvalue weighted by atomic mass is 10.0. The van der Waals surface area contributed by atoms with Crippen molar-refractivity contribution < 1.29 is 8.78 Å². The predicted molar refractivity (Wildman–Crippen MR) is 85.6 cm³/mol. The van der Waals surface area contributed by atoms with Gasteiger partial charge in [0.1, 0.15) is 5.69 Å². The van der Waals surface area contributed by atoms with Crippen molar-refractivity contribution in [2.75, 3.05) is 0 Å². The molecule has 3 nitrogen and oxygen atoms in total. The van der Waals surface area contributed by atoms with Crippen molar-refractivity contribution in [1.82, 2.24) is 14.6 Å². The Hall–Kier alpha value is -2.82. The van der Waals surface area contributed by atoms with Gasteiger partial charge < -0.3 is 0 Å². The number of rotatable bonds is 2. The monoisotopic (exact) mass is 309 g/mol. The highest BCUT2D eigenvalue weighted by molar-refractivity contribution is 5.96. The molecule has 4 aromatic rings. The van der Waals surface area contributed by atoms with Gasteiger partial charge in [0.05, 0.1) is 11.4 Å². The van der Waals surface area contributed by atoms with Crippen LogP contribution in [0.1, 0.15) is 17.8 Å². The zero-order valence-corrected chi connectivity index (χ0v) is 12.4. The summed E-state index contributed by atoms with van der Waals surface area (Å²) >= 11 is 0. The molecule has 0 spiro atoms. The van der Waals surface area contributed by atoms with Crippen molar-refractivity contribution in [1.29, 1.82) is 0 Å². The van der Waals surface area contributed by atoms with Crippen LogP contribution in [-0.2, 0) is 0 Å². The molecule has 0 fully saturated rings. The third kappa shape index (κ3) is 2.25. The van der Waals surface area contributed by atoms with Crippen LogP contribution in [0.3, 0.4) is 0 Å². The highest BCUT2D eigenvalue weighted by Gasteiger charge is 2.17. The maximum absolute atomic E-state index is 13.4. The van der Waals surface area contributed by atoms with Gasteiger partial charge in [-0.2, -0.15) is 5.10 Å². The summed E-state index contributed by atoms with van der Waals surface area (Å²) in [5.74, 6) is 0. The Morgan fingerprint density at radius 1 is 1.00 bits per heavy atom. The molecule has 0 saturated carbocycles. The Bertz CT molecular complexity index is 1020. The minimum absolute atomic E-state index is 0.147. The summed E-state index contributed by atoms with van der Waals surface area (Å²) in [6.45, 7) is 1.77. The summed E-state index contributed by atoms with van der Waals surface area (Å²) in [6.07, 6.45) is -2.62. The summed E-state index contributed by atoms with van der Waals surface area (Å²) in [6, 6.07) is 16.8. The van der Waals surface area contributed by atoms with Gasteiger partial charge in [0.2, 0.25) is 0 Å². The maximum atomic E-state index is 13.4. The highest BCUT2D eigenvalue weighted by atomic mass is 19.3. The van der Waals surface area contributed by atoms with Gasteiger partial charge in [0.25, 0.3) is 6.43 Å². The van der Waals surface area contributed by atoms with Gasteiger partial charge in [0.15, 0.2) is 5.65 Å². The molecular formula is C18H13F2N3. The van der Waals surface area contributed by atoms with Crippen LogP contribution in [0.15, 0.2) is 54.6 Å². The van der Waals surface area contributed by atoms with Crippen LogP contribution < -0.4 is 0 Å². The van der Waals surface area contributed by atoms with Gasteiger partial charge in [-0.3, -0.25) is 0 Å². The summed E-state index contributed by atoms with van der Waals surface area (Å²) < 4.78 is 28.1. The number of aromatic nitrogens is 3. The lowest BCUT2D eigenvalue weighted by Gasteiger charge is -2.09. The molecule has 0 aliphatic rings. The van der Waals surface area contributed by atoms with Crippen molar-refractivity contribution >= 4 is 16.4 Å². The number of halogens is 2. The second-order valence-corrected chi connectivity index (χ2v) is 5.45. The van der Waals surface area contributed by atoms with Crippen LogP contribution in [0.2, 0.25) is 0 Å². The number of nitrogens with zero attached hydrogens (tertiary/aromatic N) is 3. The van der Waals surface area contributed by atoms with Crippen molar-refractivity contribution in [3.8, 4) is 11.3 Å². The van der Waals surface area contributed by atoms with Crippen molar-refractivity contribution in [3.63, 3.8) is 0 Å². The molecule has 114 valence electrons. The van der Waals surface area contributed by atoms with Crippen molar-refractivity contribution in [2.24, 2.45) is 0 Å². The molecule has 0 aliphatic heterocycles. The smallest absolute Gasteiger partial charge is 0.228 e. The Balaban J connectivity index is 2.05. The van der Waals surface area contributed by atoms with Crippen LogP contribution in [0.25, 0.3) is 27.7 Å². The summed E-state index contributed by atoms with van der Waals surface area (Å²) in [7, 11) is 0. The van der Waals surface area contributed by atoms with E-state index in [2.05, 4.69) is 10.1 Å². The molecule has 4 rings (SSSR count). The second kappa shape index (κ2) is 5.12. The van der Waals surface area contributed by atoms with Gasteiger partial charge in [-0.05, 0) is 23.8 Å². The van der Waals surface area contributed by atoms with E-state index >= 15 is 0 Å². The van der Waals surface area contributed by atoms with Gasteiger partial charge in [-0.15, -0.1) is 0 Å². The lowest BCUT2D eigenvalue weighted by molar-refractivity contribution is 0.143. The molecule has 0 bridgehead atoms. The van der Waals surface area contributed by atoms with Gasteiger partial charge in [0, 0.05) is 11.6 Å². The first-order chi connectivity index (χ1) is 11.1. The van der Waals surface area contributed by atoms with Crippen LogP contribution in [0.4, 0.5) is 8.78 Å². The van der Waals surface area contributed by atoms with E-state index in [1.807, 2.05) is 42.5 Å². The third-order valence-electron chi connectivity index (χ3n) is 3.87. The number of aryl methyl sites for hydroxylation is 1. The number of alkyl halides is 2. The molecule has 2 heterocycles. The molecule has 0 radical (unpaired) electrons. The molecule has 0 aliphatic carbocycles. The van der Waals surface area contributed by atoms with E-state index < -0.39 is 6.43 Å². The number of hydrogen-bond donors (Lipinski definition) is 0. The SMILES string of the molecule is Cc1cc2nc(-c3cccc4ccccc34)cc(C(F)F)n2n1. The van der Waals surface area contributed by atoms with E-state index in [1.165, 1.54) is 10.6 Å². The van der Waals surface area contributed by atoms with E-state index in [4.69, 9.17) is 0 Å². The zero-order chi connectivity index (χ0) is 16.0. The summed E-state index contributed by atoms with van der Waals surface area (Å²) in [5.41, 5.74) is 2.32. The first kappa shape index (κ1) is 13.8. The maximum Gasteiger partial charge on any atom is 0.280 e. The van der Waals surface area contributed by atoms with E-state index in [0.29, 0.717) is 17.0 Å². The van der Waals surface area contributed by atoms with Gasteiger partial charge in [-0.25, -0.2) is 18.3 Å². The summed E-state index contributed by atoms with van der Waals surface area (Å²) in [5, 5.41) is 6.15. The van der Waals surface area contributed by atoms with Gasteiger partial charge >= 0.3 is 0 Å². The first-order valence-corrected chi connectivity index (χ1v) is 7.27. The fraction of sp³-hybridized carbons (Fsp3) is 0.111. The third-order valence-corrected chi connectivity index (χ3v) is 3.87. The number of benzene rings is 2. The normalized spacial score (nSPS) is 11.7. The molecule has 23 heavy (non-hydrogen) atoms. The molecule has 0 atom stereocenters. The summed E-state index contributed by atoms with van der Waals surface area (Å²) in [4.78, 5) is 4.53. The molecule has 0 saturated heterocycles. The zero-order valence-electron chi connectivity index (χ0n) is 12.4. The average molecular weight is 309 g/mol. The molecular weight excluding hydrogens is 296 g/mol. The molecule has 0 N–H and O–H groups in total. The largest absolute Gasteiger partial charge is 0.280 e. The van der Waals surface area contributed by atoms with Crippen LogP contribution in [0.5, 0.6) is 0 Å². The molecule has 0 amide bonds. The van der Waals surface area contributed by atoms with Crippen LogP contribution in [0, 0.1) is 6.92 Å². The Morgan fingerprint density at radius 3 is 2.61 bits per heavy atom. The quantitative estimate of drug-likeness (QED) is 0.532. The minimum atomic E-state index is -2.62. The Labute approximate surface area is 131 Å². The van der Waals surface area contributed by atoms with E-state index in [0.717, 1.165) is 16.3 Å². The fourth-order valence-corrected chi connectivity index (χ4v) is 2.85. The Morgan fingerprint density at radius 2 is 1.78 bits per heavy atom. The minimum Gasteiger partial charge on any atom is -0.228 e. The van der Waals surface area contributed by atoms with Crippen molar-refractivity contribution in [3.05, 3.63) is 66.0 Å². The second-order valence-electron chi connectivity index (χ2n) is 5.45. The molecule has 0 unspecified atom stereocenters. The van der Waals surface area contributed by atoms with Crippen LogP contribution in [-0.4, -0.2) is 14.6 Å². The molecule has 5 heteroatoms. The average Bonchev–Trinajstić information content (AvgIpc) is 2.93. The van der Waals surface area contributed by atoms with E-state index in [1.54, 1.807) is 13.0 Å². The Kier molecular flexibility index (Phi) is 3.08. The van der Waals surface area contributed by atoms with E-state index in [9.17, 15) is 8.78 Å². The lowest BCUT2D eigenvalue weighted by Crippen LogP contribution is -2.02. The highest BCUT2D eigenvalue weighted by Crippen LogP contribution is 2.30.